The minimum atomic E-state index is -0.362. The van der Waals surface area contributed by atoms with Gasteiger partial charge in [0.15, 0.2) is 5.79 Å². The van der Waals surface area contributed by atoms with Gasteiger partial charge in [-0.1, -0.05) is 23.7 Å². The second-order valence-electron chi connectivity index (χ2n) is 6.34. The number of aromatic nitrogens is 2. The zero-order valence-electron chi connectivity index (χ0n) is 13.9. The highest BCUT2D eigenvalue weighted by Crippen LogP contribution is 2.32. The molecule has 1 spiro atoms. The van der Waals surface area contributed by atoms with Crippen LogP contribution in [0.1, 0.15) is 18.4 Å². The summed E-state index contributed by atoms with van der Waals surface area (Å²) in [7, 11) is 0. The van der Waals surface area contributed by atoms with Crippen LogP contribution in [0.4, 0.5) is 11.6 Å². The Labute approximate surface area is 152 Å². The van der Waals surface area contributed by atoms with Gasteiger partial charge in [-0.2, -0.15) is 0 Å². The highest BCUT2D eigenvalue weighted by atomic mass is 35.5. The third kappa shape index (κ3) is 3.86. The van der Waals surface area contributed by atoms with Gasteiger partial charge in [0, 0.05) is 43.6 Å². The first-order valence-corrected chi connectivity index (χ1v) is 8.94. The maximum absolute atomic E-state index is 5.92. The van der Waals surface area contributed by atoms with E-state index in [1.165, 1.54) is 0 Å². The van der Waals surface area contributed by atoms with Gasteiger partial charge in [-0.05, 0) is 17.7 Å². The Bertz CT molecular complexity index is 709. The fourth-order valence-corrected chi connectivity index (χ4v) is 3.40. The minimum Gasteiger partial charge on any atom is -0.366 e. The highest BCUT2D eigenvalue weighted by Gasteiger charge is 2.40. The summed E-state index contributed by atoms with van der Waals surface area (Å²) in [5.74, 6) is 1.38. The smallest absolute Gasteiger partial charge is 0.171 e. The van der Waals surface area contributed by atoms with Gasteiger partial charge in [-0.15, -0.1) is 0 Å². The summed E-state index contributed by atoms with van der Waals surface area (Å²) in [6.07, 6.45) is 3.33. The fourth-order valence-electron chi connectivity index (χ4n) is 3.27. The van der Waals surface area contributed by atoms with E-state index in [-0.39, 0.29) is 5.79 Å². The van der Waals surface area contributed by atoms with Crippen molar-refractivity contribution in [3.63, 3.8) is 0 Å². The molecule has 0 radical (unpaired) electrons. The lowest BCUT2D eigenvalue weighted by Crippen LogP contribution is -2.45. The Morgan fingerprint density at radius 2 is 1.80 bits per heavy atom. The zero-order valence-corrected chi connectivity index (χ0v) is 14.7. The predicted octanol–water partition coefficient (Wildman–Crippen LogP) is 3.09. The SMILES string of the molecule is Clc1ccc(CNc2cc(N3CCC4(CC3)OCCO4)ncn2)cc1. The number of anilines is 2. The van der Waals surface area contributed by atoms with E-state index in [0.717, 1.165) is 48.2 Å². The molecule has 25 heavy (non-hydrogen) atoms. The first kappa shape index (κ1) is 16.6. The summed E-state index contributed by atoms with van der Waals surface area (Å²) in [6, 6.07) is 9.78. The van der Waals surface area contributed by atoms with Gasteiger partial charge in [0.25, 0.3) is 0 Å². The van der Waals surface area contributed by atoms with Gasteiger partial charge in [0.2, 0.25) is 0 Å². The van der Waals surface area contributed by atoms with Crippen LogP contribution in [-0.2, 0) is 16.0 Å². The van der Waals surface area contributed by atoms with Crippen molar-refractivity contribution in [2.24, 2.45) is 0 Å². The number of ether oxygens (including phenoxy) is 2. The topological polar surface area (TPSA) is 59.5 Å². The van der Waals surface area contributed by atoms with Crippen LogP contribution in [0, 0.1) is 0 Å². The first-order valence-electron chi connectivity index (χ1n) is 8.56. The van der Waals surface area contributed by atoms with Crippen LogP contribution in [0.2, 0.25) is 5.02 Å². The van der Waals surface area contributed by atoms with E-state index >= 15 is 0 Å². The summed E-state index contributed by atoms with van der Waals surface area (Å²) < 4.78 is 11.6. The number of rotatable bonds is 4. The van der Waals surface area contributed by atoms with Crippen LogP contribution < -0.4 is 10.2 Å². The van der Waals surface area contributed by atoms with Gasteiger partial charge in [-0.25, -0.2) is 9.97 Å². The monoisotopic (exact) mass is 360 g/mol. The molecule has 0 amide bonds. The third-order valence-electron chi connectivity index (χ3n) is 4.70. The average Bonchev–Trinajstić information content (AvgIpc) is 3.10. The minimum absolute atomic E-state index is 0.362. The van der Waals surface area contributed by atoms with E-state index in [0.29, 0.717) is 19.8 Å². The average molecular weight is 361 g/mol. The predicted molar refractivity (Wildman–Crippen MR) is 96.9 cm³/mol. The van der Waals surface area contributed by atoms with Gasteiger partial charge in [0.1, 0.15) is 18.0 Å². The highest BCUT2D eigenvalue weighted by molar-refractivity contribution is 6.30. The van der Waals surface area contributed by atoms with Gasteiger partial charge in [-0.3, -0.25) is 0 Å². The number of hydrogen-bond acceptors (Lipinski definition) is 6. The lowest BCUT2D eigenvalue weighted by atomic mass is 10.0. The van der Waals surface area contributed by atoms with E-state index in [1.807, 2.05) is 30.3 Å². The lowest BCUT2D eigenvalue weighted by Gasteiger charge is -2.38. The van der Waals surface area contributed by atoms with Crippen LogP contribution in [0.3, 0.4) is 0 Å². The number of benzene rings is 1. The molecule has 0 bridgehead atoms. The van der Waals surface area contributed by atoms with Crippen molar-refractivity contribution in [2.75, 3.05) is 36.5 Å². The molecule has 1 aromatic carbocycles. The van der Waals surface area contributed by atoms with E-state index in [9.17, 15) is 0 Å². The standard InChI is InChI=1S/C18H21ClN4O2/c19-15-3-1-14(2-4-15)12-20-16-11-17(22-13-21-16)23-7-5-18(6-8-23)24-9-10-25-18/h1-4,11,13H,5-10,12H2,(H,20,21,22). The number of halogens is 1. The van der Waals surface area contributed by atoms with Crippen molar-refractivity contribution in [2.45, 2.75) is 25.2 Å². The van der Waals surface area contributed by atoms with Gasteiger partial charge >= 0.3 is 0 Å². The number of hydrogen-bond donors (Lipinski definition) is 1. The van der Waals surface area contributed by atoms with Crippen molar-refractivity contribution >= 4 is 23.2 Å². The molecular formula is C18H21ClN4O2. The van der Waals surface area contributed by atoms with E-state index in [4.69, 9.17) is 21.1 Å². The Kier molecular flexibility index (Phi) is 4.74. The van der Waals surface area contributed by atoms with E-state index in [1.54, 1.807) is 6.33 Å². The molecule has 7 heteroatoms. The van der Waals surface area contributed by atoms with E-state index < -0.39 is 0 Å². The number of piperidine rings is 1. The van der Waals surface area contributed by atoms with Crippen molar-refractivity contribution in [3.8, 4) is 0 Å². The molecule has 2 aliphatic heterocycles. The Balaban J connectivity index is 1.37. The number of nitrogens with one attached hydrogen (secondary N) is 1. The summed E-state index contributed by atoms with van der Waals surface area (Å²) in [4.78, 5) is 11.0. The van der Waals surface area contributed by atoms with Gasteiger partial charge in [0.05, 0.1) is 13.2 Å². The summed E-state index contributed by atoms with van der Waals surface area (Å²) >= 11 is 5.92. The third-order valence-corrected chi connectivity index (χ3v) is 4.95. The maximum atomic E-state index is 5.92. The summed E-state index contributed by atoms with van der Waals surface area (Å²) in [6.45, 7) is 3.83. The quantitative estimate of drug-likeness (QED) is 0.904. The molecule has 0 aliphatic carbocycles. The Morgan fingerprint density at radius 1 is 1.08 bits per heavy atom. The Morgan fingerprint density at radius 3 is 2.52 bits per heavy atom. The van der Waals surface area contributed by atoms with Crippen LogP contribution in [0.15, 0.2) is 36.7 Å². The summed E-state index contributed by atoms with van der Waals surface area (Å²) in [5.41, 5.74) is 1.15. The fraction of sp³-hybridized carbons (Fsp3) is 0.444. The molecule has 0 saturated carbocycles. The summed E-state index contributed by atoms with van der Waals surface area (Å²) in [5, 5.41) is 4.08. The first-order chi connectivity index (χ1) is 12.2. The molecule has 1 aromatic heterocycles. The second kappa shape index (κ2) is 7.15. The van der Waals surface area contributed by atoms with Crippen molar-refractivity contribution in [1.29, 1.82) is 0 Å². The molecule has 2 saturated heterocycles. The molecular weight excluding hydrogens is 340 g/mol. The molecule has 132 valence electrons. The van der Waals surface area contributed by atoms with E-state index in [2.05, 4.69) is 20.2 Å². The molecule has 6 nitrogen and oxygen atoms in total. The van der Waals surface area contributed by atoms with Crippen LogP contribution in [-0.4, -0.2) is 42.1 Å². The molecule has 2 fully saturated rings. The van der Waals surface area contributed by atoms with Gasteiger partial charge < -0.3 is 19.7 Å². The van der Waals surface area contributed by atoms with Crippen molar-refractivity contribution in [1.82, 2.24) is 9.97 Å². The molecule has 2 aliphatic rings. The molecule has 1 N–H and O–H groups in total. The molecule has 3 heterocycles. The Hall–Kier alpha value is -1.89. The van der Waals surface area contributed by atoms with Crippen molar-refractivity contribution in [3.05, 3.63) is 47.2 Å². The molecule has 0 unspecified atom stereocenters. The molecule has 0 atom stereocenters. The molecule has 2 aromatic rings. The largest absolute Gasteiger partial charge is 0.366 e. The molecule has 4 rings (SSSR count). The van der Waals surface area contributed by atoms with Crippen molar-refractivity contribution < 1.29 is 9.47 Å². The van der Waals surface area contributed by atoms with Crippen LogP contribution in [0.25, 0.3) is 0 Å². The lowest BCUT2D eigenvalue weighted by molar-refractivity contribution is -0.169. The maximum Gasteiger partial charge on any atom is 0.171 e. The number of nitrogens with zero attached hydrogens (tertiary/aromatic N) is 3. The zero-order chi connectivity index (χ0) is 17.1. The normalized spacial score (nSPS) is 19.3. The second-order valence-corrected chi connectivity index (χ2v) is 6.77. The van der Waals surface area contributed by atoms with Crippen LogP contribution in [0.5, 0.6) is 0 Å². The van der Waals surface area contributed by atoms with Crippen LogP contribution >= 0.6 is 11.6 Å².